The molecule has 0 aromatic rings. The van der Waals surface area contributed by atoms with Gasteiger partial charge in [0.2, 0.25) is 0 Å². The minimum Gasteiger partial charge on any atom is -0.511 e. The summed E-state index contributed by atoms with van der Waals surface area (Å²) in [5.74, 6) is -1.20. The lowest BCUT2D eigenvalue weighted by molar-refractivity contribution is -0.122. The predicted octanol–water partition coefficient (Wildman–Crippen LogP) is 0.111. The van der Waals surface area contributed by atoms with Crippen molar-refractivity contribution in [2.45, 2.75) is 25.9 Å². The van der Waals surface area contributed by atoms with Crippen LogP contribution in [-0.4, -0.2) is 27.9 Å². The highest BCUT2D eigenvalue weighted by Crippen LogP contribution is 2.20. The number of carbonyl (C=O) groups is 2. The highest BCUT2D eigenvalue weighted by Gasteiger charge is 2.28. The molecule has 0 radical (unpaired) electrons. The molecule has 0 heterocycles. The predicted molar refractivity (Wildman–Crippen MR) is 40.6 cm³/mol. The molecule has 1 aliphatic rings. The monoisotopic (exact) mass is 170 g/mol. The van der Waals surface area contributed by atoms with Gasteiger partial charge in [-0.25, -0.2) is 0 Å². The van der Waals surface area contributed by atoms with Crippen molar-refractivity contribution >= 4 is 11.6 Å². The lowest BCUT2D eigenvalue weighted by Crippen LogP contribution is -2.26. The third kappa shape index (κ3) is 1.53. The molecule has 1 rings (SSSR count). The number of carbonyl (C=O) groups excluding carboxylic acids is 2. The van der Waals surface area contributed by atoms with E-state index >= 15 is 0 Å². The number of Topliss-reactive ketones (excluding diaryl/α,β-unsaturated/α-hetero) is 2. The molecule has 1 aliphatic carbocycles. The molecule has 4 nitrogen and oxygen atoms in total. The van der Waals surface area contributed by atoms with E-state index in [0.29, 0.717) is 0 Å². The van der Waals surface area contributed by atoms with E-state index in [2.05, 4.69) is 0 Å². The SMILES string of the molecule is CC(=O)C1=C(O)C[C@@H](O)CC1=O. The Morgan fingerprint density at radius 3 is 2.50 bits per heavy atom. The molecule has 0 aliphatic heterocycles. The fourth-order valence-electron chi connectivity index (χ4n) is 1.27. The number of hydrogen-bond donors (Lipinski definition) is 2. The topological polar surface area (TPSA) is 74.6 Å². The van der Waals surface area contributed by atoms with Crippen molar-refractivity contribution in [3.63, 3.8) is 0 Å². The van der Waals surface area contributed by atoms with Gasteiger partial charge in [-0.2, -0.15) is 0 Å². The summed E-state index contributed by atoms with van der Waals surface area (Å²) in [7, 11) is 0. The van der Waals surface area contributed by atoms with Crippen molar-refractivity contribution in [3.8, 4) is 0 Å². The number of rotatable bonds is 1. The zero-order valence-corrected chi connectivity index (χ0v) is 6.70. The Morgan fingerprint density at radius 2 is 2.08 bits per heavy atom. The zero-order chi connectivity index (χ0) is 9.30. The van der Waals surface area contributed by atoms with Gasteiger partial charge >= 0.3 is 0 Å². The molecule has 0 aromatic heterocycles. The Labute approximate surface area is 69.5 Å². The summed E-state index contributed by atoms with van der Waals surface area (Å²) in [4.78, 5) is 21.9. The zero-order valence-electron chi connectivity index (χ0n) is 6.70. The number of aliphatic hydroxyl groups is 2. The highest BCUT2D eigenvalue weighted by atomic mass is 16.3. The van der Waals surface area contributed by atoms with Crippen LogP contribution in [-0.2, 0) is 9.59 Å². The van der Waals surface area contributed by atoms with Crippen molar-refractivity contribution in [2.75, 3.05) is 0 Å². The maximum absolute atomic E-state index is 11.1. The van der Waals surface area contributed by atoms with E-state index in [9.17, 15) is 9.59 Å². The minimum atomic E-state index is -0.847. The van der Waals surface area contributed by atoms with Gasteiger partial charge in [0.05, 0.1) is 11.7 Å². The molecule has 0 spiro atoms. The highest BCUT2D eigenvalue weighted by molar-refractivity contribution is 6.20. The molecular formula is C8H10O4. The van der Waals surface area contributed by atoms with E-state index in [1.54, 1.807) is 0 Å². The average molecular weight is 170 g/mol. The van der Waals surface area contributed by atoms with E-state index in [1.165, 1.54) is 6.92 Å². The number of hydrogen-bond acceptors (Lipinski definition) is 4. The molecular weight excluding hydrogens is 160 g/mol. The number of aliphatic hydroxyl groups excluding tert-OH is 2. The van der Waals surface area contributed by atoms with Crippen molar-refractivity contribution in [1.29, 1.82) is 0 Å². The first-order chi connectivity index (χ1) is 5.52. The van der Waals surface area contributed by atoms with Gasteiger partial charge in [-0.3, -0.25) is 9.59 Å². The van der Waals surface area contributed by atoms with Crippen LogP contribution in [0.2, 0.25) is 0 Å². The quantitative estimate of drug-likeness (QED) is 0.548. The molecule has 0 aromatic carbocycles. The Kier molecular flexibility index (Phi) is 2.28. The van der Waals surface area contributed by atoms with Crippen molar-refractivity contribution in [3.05, 3.63) is 11.3 Å². The molecule has 0 saturated carbocycles. The third-order valence-electron chi connectivity index (χ3n) is 1.77. The molecule has 12 heavy (non-hydrogen) atoms. The molecule has 2 N–H and O–H groups in total. The van der Waals surface area contributed by atoms with E-state index < -0.39 is 17.7 Å². The summed E-state index contributed by atoms with van der Waals surface area (Å²) in [5, 5.41) is 18.2. The first kappa shape index (κ1) is 8.93. The van der Waals surface area contributed by atoms with E-state index in [0.717, 1.165) is 0 Å². The lowest BCUT2D eigenvalue weighted by Gasteiger charge is -2.17. The van der Waals surface area contributed by atoms with Crippen LogP contribution in [0, 0.1) is 0 Å². The smallest absolute Gasteiger partial charge is 0.172 e. The third-order valence-corrected chi connectivity index (χ3v) is 1.77. The van der Waals surface area contributed by atoms with Gasteiger partial charge in [0, 0.05) is 12.8 Å². The molecule has 0 saturated heterocycles. The molecule has 0 fully saturated rings. The van der Waals surface area contributed by atoms with Crippen LogP contribution in [0.4, 0.5) is 0 Å². The molecule has 1 atom stereocenters. The Bertz CT molecular complexity index is 264. The van der Waals surface area contributed by atoms with Crippen molar-refractivity contribution in [2.24, 2.45) is 0 Å². The van der Waals surface area contributed by atoms with Gasteiger partial charge in [0.1, 0.15) is 5.76 Å². The maximum Gasteiger partial charge on any atom is 0.172 e. The summed E-state index contributed by atoms with van der Waals surface area (Å²) in [6.45, 7) is 1.22. The second-order valence-corrected chi connectivity index (χ2v) is 2.86. The first-order valence-corrected chi connectivity index (χ1v) is 3.66. The molecule has 0 bridgehead atoms. The van der Waals surface area contributed by atoms with Gasteiger partial charge < -0.3 is 10.2 Å². The molecule has 4 heteroatoms. The van der Waals surface area contributed by atoms with Crippen molar-refractivity contribution in [1.82, 2.24) is 0 Å². The standard InChI is InChI=1S/C8H10O4/c1-4(9)8-6(11)2-5(10)3-7(8)12/h5,10-11H,2-3H2,1H3/t5-/m1/s1. The second kappa shape index (κ2) is 3.06. The summed E-state index contributed by atoms with van der Waals surface area (Å²) in [6.07, 6.45) is -0.916. The first-order valence-electron chi connectivity index (χ1n) is 3.66. The van der Waals surface area contributed by atoms with Crippen LogP contribution in [0.5, 0.6) is 0 Å². The number of allylic oxidation sites excluding steroid dienone is 1. The van der Waals surface area contributed by atoms with Crippen LogP contribution >= 0.6 is 0 Å². The normalized spacial score (nSPS) is 24.5. The average Bonchev–Trinajstić information content (AvgIpc) is 1.82. The lowest BCUT2D eigenvalue weighted by atomic mass is 9.92. The Morgan fingerprint density at radius 1 is 1.50 bits per heavy atom. The van der Waals surface area contributed by atoms with Crippen LogP contribution in [0.25, 0.3) is 0 Å². The van der Waals surface area contributed by atoms with Gasteiger partial charge in [0.15, 0.2) is 11.6 Å². The van der Waals surface area contributed by atoms with Crippen molar-refractivity contribution < 1.29 is 19.8 Å². The van der Waals surface area contributed by atoms with Crippen LogP contribution in [0.1, 0.15) is 19.8 Å². The fourth-order valence-corrected chi connectivity index (χ4v) is 1.27. The van der Waals surface area contributed by atoms with Crippen LogP contribution < -0.4 is 0 Å². The summed E-state index contributed by atoms with van der Waals surface area (Å²) in [5.41, 5.74) is -0.152. The fraction of sp³-hybridized carbons (Fsp3) is 0.500. The van der Waals surface area contributed by atoms with E-state index in [4.69, 9.17) is 10.2 Å². The van der Waals surface area contributed by atoms with E-state index in [1.807, 2.05) is 0 Å². The Balaban J connectivity index is 3.01. The second-order valence-electron chi connectivity index (χ2n) is 2.86. The van der Waals surface area contributed by atoms with Crippen LogP contribution in [0.15, 0.2) is 11.3 Å². The molecule has 66 valence electrons. The minimum absolute atomic E-state index is 0.000648. The maximum atomic E-state index is 11.1. The summed E-state index contributed by atoms with van der Waals surface area (Å²) >= 11 is 0. The van der Waals surface area contributed by atoms with Gasteiger partial charge in [-0.05, 0) is 6.92 Å². The summed E-state index contributed by atoms with van der Waals surface area (Å²) < 4.78 is 0. The molecule has 0 unspecified atom stereocenters. The largest absolute Gasteiger partial charge is 0.511 e. The van der Waals surface area contributed by atoms with Gasteiger partial charge in [-0.15, -0.1) is 0 Å². The number of ketones is 2. The van der Waals surface area contributed by atoms with E-state index in [-0.39, 0.29) is 24.2 Å². The Hall–Kier alpha value is -1.16. The van der Waals surface area contributed by atoms with Gasteiger partial charge in [-0.1, -0.05) is 0 Å². The summed E-state index contributed by atoms with van der Waals surface area (Å²) in [6, 6.07) is 0. The molecule has 0 amide bonds. The van der Waals surface area contributed by atoms with Crippen LogP contribution in [0.3, 0.4) is 0 Å². The van der Waals surface area contributed by atoms with Gasteiger partial charge in [0.25, 0.3) is 0 Å².